The Morgan fingerprint density at radius 3 is 2.79 bits per heavy atom. The smallest absolute Gasteiger partial charge is 0.303 e. The van der Waals surface area contributed by atoms with E-state index >= 15 is 0 Å². The third-order valence-corrected chi connectivity index (χ3v) is 4.65. The number of nitrogen functional groups attached to an aromatic ring is 2. The fraction of sp³-hybridized carbons (Fsp3) is 0.211. The van der Waals surface area contributed by atoms with Gasteiger partial charge in [-0.3, -0.25) is 20.2 Å². The van der Waals surface area contributed by atoms with Gasteiger partial charge in [0, 0.05) is 18.1 Å². The Balaban J connectivity index is 2.14. The molecule has 0 radical (unpaired) electrons. The molecule has 1 atom stereocenters. The number of fused-ring (bicyclic) bond motifs is 1. The minimum atomic E-state index is -1.14. The minimum Gasteiger partial charge on any atom is -0.494 e. The average Bonchev–Trinajstić information content (AvgIpc) is 2.76. The summed E-state index contributed by atoms with van der Waals surface area (Å²) in [4.78, 5) is 30.2. The van der Waals surface area contributed by atoms with Crippen LogP contribution in [0.4, 0.5) is 23.0 Å². The summed E-state index contributed by atoms with van der Waals surface area (Å²) in [5.41, 5.74) is 11.7. The summed E-state index contributed by atoms with van der Waals surface area (Å²) >= 11 is 0. The van der Waals surface area contributed by atoms with Crippen molar-refractivity contribution in [2.24, 2.45) is 4.99 Å². The molecule has 2 heterocycles. The number of aliphatic imine (C=N–C) groups is 1. The van der Waals surface area contributed by atoms with E-state index in [-0.39, 0.29) is 70.9 Å². The number of carboxylic acid groups (broad SMARTS) is 1. The van der Waals surface area contributed by atoms with Crippen LogP contribution in [-0.4, -0.2) is 33.5 Å². The Labute approximate surface area is 186 Å². The molecule has 3 rings (SSSR count). The normalized spacial score (nSPS) is 14.0. The van der Waals surface area contributed by atoms with Crippen LogP contribution in [0.2, 0.25) is 0 Å². The molecule has 0 saturated heterocycles. The summed E-state index contributed by atoms with van der Waals surface area (Å²) in [6, 6.07) is 4.66. The van der Waals surface area contributed by atoms with Gasteiger partial charge in [-0.2, -0.15) is 10.5 Å². The lowest BCUT2D eigenvalue weighted by Crippen LogP contribution is -2.33. The number of ether oxygens (including phenoxy) is 1. The molecule has 1 aromatic heterocycles. The number of carboxylic acids is 1. The van der Waals surface area contributed by atoms with Crippen LogP contribution >= 0.6 is 0 Å². The molecular formula is C19H17N9O5. The summed E-state index contributed by atoms with van der Waals surface area (Å²) in [5, 5.41) is 43.9. The molecule has 33 heavy (non-hydrogen) atoms. The molecule has 168 valence electrons. The van der Waals surface area contributed by atoms with Crippen LogP contribution in [0.25, 0.3) is 0 Å². The van der Waals surface area contributed by atoms with Gasteiger partial charge in [0.2, 0.25) is 5.96 Å². The van der Waals surface area contributed by atoms with Gasteiger partial charge in [-0.05, 0) is 18.6 Å². The van der Waals surface area contributed by atoms with Crippen molar-refractivity contribution in [3.8, 4) is 18.0 Å². The van der Waals surface area contributed by atoms with Gasteiger partial charge in [-0.25, -0.2) is 9.98 Å². The number of nitriles is 2. The van der Waals surface area contributed by atoms with E-state index in [4.69, 9.17) is 26.6 Å². The van der Waals surface area contributed by atoms with E-state index in [1.165, 1.54) is 18.2 Å². The molecular weight excluding hydrogens is 434 g/mol. The van der Waals surface area contributed by atoms with Crippen LogP contribution in [0, 0.1) is 32.9 Å². The van der Waals surface area contributed by atoms with Gasteiger partial charge in [0.1, 0.15) is 35.1 Å². The molecule has 0 fully saturated rings. The van der Waals surface area contributed by atoms with Crippen molar-refractivity contribution < 1.29 is 19.6 Å². The predicted octanol–water partition coefficient (Wildman–Crippen LogP) is 1.21. The van der Waals surface area contributed by atoms with Crippen molar-refractivity contribution in [1.82, 2.24) is 10.3 Å². The highest BCUT2D eigenvalue weighted by Crippen LogP contribution is 2.44. The lowest BCUT2D eigenvalue weighted by atomic mass is 9.94. The molecule has 2 aromatic rings. The summed E-state index contributed by atoms with van der Waals surface area (Å²) in [6.07, 6.45) is 1.82. The number of guanidine groups is 1. The van der Waals surface area contributed by atoms with Crippen molar-refractivity contribution in [3.63, 3.8) is 0 Å². The number of aliphatic carboxylic acids is 1. The molecule has 0 aliphatic carbocycles. The van der Waals surface area contributed by atoms with Gasteiger partial charge in [-0.1, -0.05) is 0 Å². The molecule has 0 amide bonds. The average molecular weight is 451 g/mol. The highest BCUT2D eigenvalue weighted by atomic mass is 16.6. The van der Waals surface area contributed by atoms with E-state index in [1.807, 2.05) is 6.07 Å². The number of nitro groups is 1. The van der Waals surface area contributed by atoms with E-state index < -0.39 is 16.9 Å². The Morgan fingerprint density at radius 1 is 1.39 bits per heavy atom. The number of anilines is 3. The third-order valence-electron chi connectivity index (χ3n) is 4.65. The van der Waals surface area contributed by atoms with E-state index in [0.717, 1.165) is 0 Å². The minimum absolute atomic E-state index is 0.0536. The second-order valence-corrected chi connectivity index (χ2v) is 6.73. The van der Waals surface area contributed by atoms with Gasteiger partial charge < -0.3 is 26.6 Å². The maximum atomic E-state index is 11.7. The standard InChI is InChI=1S/C19H17N9O5/c20-7-11-15(22)14-16(25-19(24-8-21)27-18(14)26-17(11)23)10-6-9(3-4-12(10)28(31)32)33-5-1-2-13(29)30/h3-4,6,16H,1-2,5H2,(H,29,30)(H6,22,23,24,25,26,27). The SMILES string of the molecule is N#CNC1=NC(c2cc(OCCCC(=O)O)ccc2[N+](=O)[O-])c2c(nc(N)c(C#N)c2N)N1. The number of hydrogen-bond acceptors (Lipinski definition) is 12. The first-order valence-electron chi connectivity index (χ1n) is 9.38. The zero-order chi connectivity index (χ0) is 24.1. The summed E-state index contributed by atoms with van der Waals surface area (Å²) in [6.45, 7) is 0.0652. The van der Waals surface area contributed by atoms with E-state index in [9.17, 15) is 20.2 Å². The maximum Gasteiger partial charge on any atom is 0.303 e. The monoisotopic (exact) mass is 451 g/mol. The number of rotatable bonds is 7. The number of nitrogens with zero attached hydrogens (tertiary/aromatic N) is 5. The first-order valence-corrected chi connectivity index (χ1v) is 9.38. The van der Waals surface area contributed by atoms with Crippen LogP contribution in [0.3, 0.4) is 0 Å². The number of nitrogens with one attached hydrogen (secondary N) is 2. The van der Waals surface area contributed by atoms with E-state index in [2.05, 4.69) is 20.6 Å². The van der Waals surface area contributed by atoms with Crippen molar-refractivity contribution in [1.29, 1.82) is 10.5 Å². The predicted molar refractivity (Wildman–Crippen MR) is 115 cm³/mol. The van der Waals surface area contributed by atoms with Crippen molar-refractivity contribution in [2.75, 3.05) is 23.4 Å². The molecule has 0 bridgehead atoms. The van der Waals surface area contributed by atoms with Gasteiger partial charge in [0.15, 0.2) is 6.19 Å². The Morgan fingerprint density at radius 2 is 2.15 bits per heavy atom. The number of benzene rings is 1. The molecule has 1 aliphatic rings. The molecule has 0 spiro atoms. The second kappa shape index (κ2) is 9.36. The Bertz CT molecular complexity index is 1250. The Hall–Kier alpha value is -5.11. The largest absolute Gasteiger partial charge is 0.494 e. The summed E-state index contributed by atoms with van der Waals surface area (Å²) in [5.74, 6) is -0.898. The first-order chi connectivity index (χ1) is 15.8. The first kappa shape index (κ1) is 22.6. The van der Waals surface area contributed by atoms with Crippen LogP contribution in [0.1, 0.15) is 35.6 Å². The highest BCUT2D eigenvalue weighted by Gasteiger charge is 2.34. The second-order valence-electron chi connectivity index (χ2n) is 6.73. The highest BCUT2D eigenvalue weighted by molar-refractivity contribution is 5.98. The van der Waals surface area contributed by atoms with Gasteiger partial charge in [-0.15, -0.1) is 0 Å². The third kappa shape index (κ3) is 4.64. The molecule has 7 N–H and O–H groups in total. The fourth-order valence-electron chi connectivity index (χ4n) is 3.23. The quantitative estimate of drug-likeness (QED) is 0.131. The summed E-state index contributed by atoms with van der Waals surface area (Å²) < 4.78 is 5.54. The maximum absolute atomic E-state index is 11.7. The molecule has 0 saturated carbocycles. The van der Waals surface area contributed by atoms with Gasteiger partial charge in [0.25, 0.3) is 5.69 Å². The zero-order valence-electron chi connectivity index (χ0n) is 16.9. The van der Waals surface area contributed by atoms with E-state index in [1.54, 1.807) is 6.19 Å². The van der Waals surface area contributed by atoms with Gasteiger partial charge in [0.05, 0.1) is 22.8 Å². The fourth-order valence-corrected chi connectivity index (χ4v) is 3.23. The Kier molecular flexibility index (Phi) is 6.40. The van der Waals surface area contributed by atoms with E-state index in [0.29, 0.717) is 0 Å². The molecule has 14 heteroatoms. The molecule has 1 aliphatic heterocycles. The number of nitrogens with two attached hydrogens (primary N) is 2. The van der Waals surface area contributed by atoms with Gasteiger partial charge >= 0.3 is 5.97 Å². The van der Waals surface area contributed by atoms with Crippen LogP contribution in [0.15, 0.2) is 23.2 Å². The van der Waals surface area contributed by atoms with Crippen LogP contribution < -0.4 is 26.8 Å². The molecule has 14 nitrogen and oxygen atoms in total. The molecule has 1 aromatic carbocycles. The number of nitro benzene ring substituents is 1. The number of pyridine rings is 1. The van der Waals surface area contributed by atoms with Crippen molar-refractivity contribution in [2.45, 2.75) is 18.9 Å². The number of carbonyl (C=O) groups is 1. The lowest BCUT2D eigenvalue weighted by molar-refractivity contribution is -0.385. The van der Waals surface area contributed by atoms with Crippen molar-refractivity contribution in [3.05, 3.63) is 45.0 Å². The molecule has 1 unspecified atom stereocenters. The number of hydrogen-bond donors (Lipinski definition) is 5. The van der Waals surface area contributed by atoms with Crippen LogP contribution in [-0.2, 0) is 4.79 Å². The lowest BCUT2D eigenvalue weighted by Gasteiger charge is -2.26. The summed E-state index contributed by atoms with van der Waals surface area (Å²) in [7, 11) is 0. The topological polar surface area (TPSA) is 239 Å². The number of aromatic nitrogens is 1. The zero-order valence-corrected chi connectivity index (χ0v) is 16.9. The van der Waals surface area contributed by atoms with Crippen molar-refractivity contribution >= 4 is 34.9 Å². The van der Waals surface area contributed by atoms with Crippen LogP contribution in [0.5, 0.6) is 5.75 Å².